The predicted molar refractivity (Wildman–Crippen MR) is 478 cm³/mol. The summed E-state index contributed by atoms with van der Waals surface area (Å²) >= 11 is 3.46. The quantitative estimate of drug-likeness (QED) is 0.0324. The molecule has 1 atom stereocenters. The van der Waals surface area contributed by atoms with E-state index >= 15 is 0 Å². The molecule has 652 valence electrons. The molecule has 2 saturated heterocycles. The summed E-state index contributed by atoms with van der Waals surface area (Å²) in [5, 5.41) is 41.7. The Balaban J connectivity index is 0.000000173. The molecule has 4 amide bonds. The van der Waals surface area contributed by atoms with Crippen molar-refractivity contribution in [1.82, 2.24) is 24.9 Å². The molecular formula is C99H134BrN5O15. The van der Waals surface area contributed by atoms with Gasteiger partial charge < -0.3 is 73.8 Å². The van der Waals surface area contributed by atoms with Crippen LogP contribution < -0.4 is 19.5 Å². The molecule has 9 aliphatic rings. The number of nitrogens with zero attached hydrogens (tertiary/aromatic N) is 4. The Morgan fingerprint density at radius 2 is 1.01 bits per heavy atom. The number of aromatic hydroxyl groups is 2. The molecule has 21 heteroatoms. The van der Waals surface area contributed by atoms with Gasteiger partial charge in [-0.3, -0.25) is 19.2 Å². The van der Waals surface area contributed by atoms with Gasteiger partial charge in [0.05, 0.1) is 23.1 Å². The van der Waals surface area contributed by atoms with E-state index in [1.807, 2.05) is 195 Å². The molecule has 4 heterocycles. The number of carbonyl (C=O) groups excluding carboxylic acids is 5. The fraction of sp³-hybridized carbons (Fsp3) is 0.545. The van der Waals surface area contributed by atoms with Crippen molar-refractivity contribution < 1.29 is 72.8 Å². The number of benzene rings is 6. The second kappa shape index (κ2) is 42.9. The Morgan fingerprint density at radius 3 is 1.44 bits per heavy atom. The molecule has 3 spiro atoms. The van der Waals surface area contributed by atoms with E-state index in [2.05, 4.69) is 51.6 Å². The van der Waals surface area contributed by atoms with Gasteiger partial charge in [0.1, 0.15) is 51.2 Å². The Bertz CT molecular complexity index is 4410. The summed E-state index contributed by atoms with van der Waals surface area (Å²) in [7, 11) is 1.59. The number of esters is 1. The SMILES string of the molecule is BrC1CCC1.CCN(CC)C(=O)c1ccc(C2=CC3(CCN(C(=O)OC(C)(C)C)CC3)Oc3cccc(OCOC)c32)cc1.CCN(CC)C(=O)c1ccc(C2=CC3(CCNCC3)Oc3cccc(O)c32)cc1.CCN(CC)C(=O)c1ccc(C2CC3(CCC(C(=O)OC(C)(C)C)CC3)Cc3cccc(O)c32)cc1.OC1CCCC1.OCC1CC1. The number of halogens is 1. The number of ether oxygens (including phenoxy) is 6. The number of nitrogens with one attached hydrogen (secondary N) is 1. The minimum absolute atomic E-state index is 0.0167. The molecule has 20 nitrogen and oxygen atoms in total. The number of alkyl halides is 1. The Morgan fingerprint density at radius 1 is 0.550 bits per heavy atom. The summed E-state index contributed by atoms with van der Waals surface area (Å²) in [6.45, 7) is 30.7. The molecule has 0 bridgehead atoms. The van der Waals surface area contributed by atoms with Gasteiger partial charge in [-0.15, -0.1) is 0 Å². The number of carbonyl (C=O) groups is 5. The third kappa shape index (κ3) is 24.8. The van der Waals surface area contributed by atoms with Gasteiger partial charge in [-0.2, -0.15) is 0 Å². The Labute approximate surface area is 721 Å². The lowest BCUT2D eigenvalue weighted by atomic mass is 9.58. The van der Waals surface area contributed by atoms with E-state index in [1.54, 1.807) is 24.1 Å². The number of hydrogen-bond donors (Lipinski definition) is 5. The van der Waals surface area contributed by atoms with Gasteiger partial charge in [0.25, 0.3) is 17.7 Å². The zero-order valence-corrected chi connectivity index (χ0v) is 75.1. The van der Waals surface area contributed by atoms with Crippen LogP contribution in [0.5, 0.6) is 28.7 Å². The highest BCUT2D eigenvalue weighted by atomic mass is 79.9. The van der Waals surface area contributed by atoms with Crippen molar-refractivity contribution in [2.75, 3.05) is 86.0 Å². The summed E-state index contributed by atoms with van der Waals surface area (Å²) < 4.78 is 35.4. The second-order valence-corrected chi connectivity index (χ2v) is 36.7. The zero-order chi connectivity index (χ0) is 86.5. The average molecular weight is 1710 g/mol. The van der Waals surface area contributed by atoms with E-state index in [0.717, 1.165) is 132 Å². The van der Waals surface area contributed by atoms with Crippen LogP contribution in [-0.2, 0) is 25.4 Å². The van der Waals surface area contributed by atoms with Crippen LogP contribution in [0.3, 0.4) is 0 Å². The van der Waals surface area contributed by atoms with Crippen molar-refractivity contribution in [3.63, 3.8) is 0 Å². The van der Waals surface area contributed by atoms with Gasteiger partial charge >= 0.3 is 12.1 Å². The number of hydrogen-bond acceptors (Lipinski definition) is 16. The smallest absolute Gasteiger partial charge is 0.410 e. The third-order valence-electron chi connectivity index (χ3n) is 24.4. The van der Waals surface area contributed by atoms with Crippen LogP contribution in [0.25, 0.3) is 11.1 Å². The summed E-state index contributed by atoms with van der Waals surface area (Å²) in [6, 6.07) is 40.4. The van der Waals surface area contributed by atoms with Crippen molar-refractivity contribution >= 4 is 56.9 Å². The molecule has 4 saturated carbocycles. The first-order valence-electron chi connectivity index (χ1n) is 44.2. The highest BCUT2D eigenvalue weighted by Crippen LogP contribution is 2.56. The number of aliphatic hydroxyl groups excluding tert-OH is 2. The number of likely N-dealkylation sites (tertiary alicyclic amines) is 1. The first-order valence-corrected chi connectivity index (χ1v) is 45.1. The van der Waals surface area contributed by atoms with E-state index in [9.17, 15) is 34.2 Å². The van der Waals surface area contributed by atoms with Crippen LogP contribution >= 0.6 is 15.9 Å². The summed E-state index contributed by atoms with van der Waals surface area (Å²) in [6.07, 6.45) is 23.9. The van der Waals surface area contributed by atoms with Gasteiger partial charge in [-0.1, -0.05) is 95.9 Å². The normalized spacial score (nSPS) is 19.9. The lowest BCUT2D eigenvalue weighted by molar-refractivity contribution is -0.162. The maximum Gasteiger partial charge on any atom is 0.410 e. The maximum atomic E-state index is 12.9. The monoisotopic (exact) mass is 1710 g/mol. The highest BCUT2D eigenvalue weighted by Gasteiger charge is 2.46. The van der Waals surface area contributed by atoms with Crippen LogP contribution in [0.1, 0.15) is 275 Å². The van der Waals surface area contributed by atoms with Gasteiger partial charge in [0, 0.05) is 125 Å². The number of methoxy groups -OCH3 is 1. The first kappa shape index (κ1) is 93.5. The maximum absolute atomic E-state index is 12.9. The largest absolute Gasteiger partial charge is 0.508 e. The number of rotatable bonds is 17. The molecule has 15 rings (SSSR count). The van der Waals surface area contributed by atoms with Crippen molar-refractivity contribution in [1.29, 1.82) is 0 Å². The minimum atomic E-state index is -0.587. The standard InChI is InChI=1S/C31H40N2O6.C31H41NO4.C24H28N2O3.C5H10O.C4H7Br.C4H8O/c1-7-32(8-2)28(34)23-14-12-22(13-15-23)24-20-31(16-18-33(19-17-31)29(35)39-30(3,4)5)38-26-11-9-10-25(27(24)26)37-21-36-6;1-6-32(7-2)28(34)22-13-11-21(12-14-22)25-20-31(19-24-9-8-10-26(33)27(24)25)17-15-23(16-18-31)29(35)36-30(3,4)5;1-3-26(4-2)23(28)18-10-8-17(9-11-18)19-16-24(12-14-25-15-13-24)29-21-7-5-6-20(27)22(19)21;6-5-3-1-2-4-5;5-4-2-1-3-4;5-3-4-1-2-4/h9-15,20H,7-8,16-19,21H2,1-6H3;8-14,23,25,33H,6-7,15-20H2,1-5H3;5-11,16,25,27H,3-4,12-15H2,1-2H3;5-6H,1-4H2;4H,1-3H2;4-5H,1-3H2. The molecule has 1 unspecified atom stereocenters. The number of phenols is 2. The molecule has 6 aromatic rings. The molecule has 4 aliphatic heterocycles. The fourth-order valence-electron chi connectivity index (χ4n) is 17.1. The third-order valence-corrected chi connectivity index (χ3v) is 25.4. The molecule has 0 aromatic heterocycles. The van der Waals surface area contributed by atoms with E-state index in [0.29, 0.717) is 112 Å². The summed E-state index contributed by atoms with van der Waals surface area (Å²) in [4.78, 5) is 71.8. The van der Waals surface area contributed by atoms with Crippen LogP contribution in [0.2, 0.25) is 0 Å². The number of phenolic OH excluding ortho intramolecular Hbond substituents is 2. The van der Waals surface area contributed by atoms with Gasteiger partial charge in [0.15, 0.2) is 6.79 Å². The highest BCUT2D eigenvalue weighted by molar-refractivity contribution is 9.09. The summed E-state index contributed by atoms with van der Waals surface area (Å²) in [5.41, 5.74) is 8.94. The predicted octanol–water partition coefficient (Wildman–Crippen LogP) is 19.3. The van der Waals surface area contributed by atoms with E-state index in [1.165, 1.54) is 50.5 Å². The van der Waals surface area contributed by atoms with Crippen LogP contribution in [0.4, 0.5) is 4.79 Å². The minimum Gasteiger partial charge on any atom is -0.508 e. The molecule has 5 N–H and O–H groups in total. The number of amides is 4. The van der Waals surface area contributed by atoms with Gasteiger partial charge in [-0.25, -0.2) is 4.79 Å². The van der Waals surface area contributed by atoms with Gasteiger partial charge in [-0.05, 0) is 297 Å². The van der Waals surface area contributed by atoms with E-state index in [4.69, 9.17) is 38.6 Å². The fourth-order valence-corrected chi connectivity index (χ4v) is 17.8. The topological polar surface area (TPSA) is 247 Å². The molecule has 6 aromatic carbocycles. The first-order chi connectivity index (χ1) is 57.4. The van der Waals surface area contributed by atoms with E-state index < -0.39 is 16.8 Å². The molecule has 0 radical (unpaired) electrons. The van der Waals surface area contributed by atoms with Crippen LogP contribution in [0.15, 0.2) is 140 Å². The Kier molecular flexibility index (Phi) is 33.4. The van der Waals surface area contributed by atoms with Crippen molar-refractivity contribution in [3.05, 3.63) is 195 Å². The number of aliphatic hydroxyl groups is 2. The lowest BCUT2D eigenvalue weighted by Crippen LogP contribution is -2.50. The Hall–Kier alpha value is -8.73. The van der Waals surface area contributed by atoms with Crippen molar-refractivity contribution in [2.24, 2.45) is 17.3 Å². The van der Waals surface area contributed by atoms with Crippen LogP contribution in [-0.4, -0.2) is 189 Å². The van der Waals surface area contributed by atoms with Gasteiger partial charge in [0.2, 0.25) is 0 Å². The lowest BCUT2D eigenvalue weighted by Gasteiger charge is -2.46. The molecular weight excluding hydrogens is 1580 g/mol. The van der Waals surface area contributed by atoms with Crippen molar-refractivity contribution in [3.8, 4) is 28.7 Å². The summed E-state index contributed by atoms with van der Waals surface area (Å²) in [5.74, 6) is 3.40. The number of piperidine rings is 2. The molecule has 5 aliphatic carbocycles. The number of fused-ring (bicyclic) bond motifs is 3. The van der Waals surface area contributed by atoms with Crippen molar-refractivity contribution in [2.45, 2.75) is 244 Å². The van der Waals surface area contributed by atoms with E-state index in [-0.39, 0.29) is 71.3 Å². The molecule has 6 fully saturated rings. The molecule has 120 heavy (non-hydrogen) atoms. The average Bonchev–Trinajstić information content (AvgIpc) is 1.06. The zero-order valence-electron chi connectivity index (χ0n) is 73.5. The van der Waals surface area contributed by atoms with Crippen LogP contribution in [0, 0.1) is 17.3 Å². The second-order valence-electron chi connectivity index (χ2n) is 35.4.